The van der Waals surface area contributed by atoms with Gasteiger partial charge in [0.15, 0.2) is 0 Å². The summed E-state index contributed by atoms with van der Waals surface area (Å²) in [4.78, 5) is 23.8. The molecule has 10 heteroatoms. The number of carbonyl (C=O) groups is 2. The molecular weight excluding hydrogens is 414 g/mol. The van der Waals surface area contributed by atoms with Crippen molar-refractivity contribution in [3.8, 4) is 0 Å². The van der Waals surface area contributed by atoms with E-state index < -0.39 is 30.4 Å². The van der Waals surface area contributed by atoms with E-state index >= 15 is 0 Å². The number of anilines is 1. The predicted octanol–water partition coefficient (Wildman–Crippen LogP) is 3.81. The van der Waals surface area contributed by atoms with Gasteiger partial charge in [0.05, 0.1) is 6.54 Å². The molecule has 2 aromatic carbocycles. The highest BCUT2D eigenvalue weighted by atomic mass is 35.5. The summed E-state index contributed by atoms with van der Waals surface area (Å²) in [5.41, 5.74) is 0.793. The average Bonchev–Trinajstić information content (AvgIpc) is 2.66. The van der Waals surface area contributed by atoms with E-state index in [4.69, 9.17) is 11.6 Å². The molecule has 2 rings (SSSR count). The third-order valence-electron chi connectivity index (χ3n) is 3.90. The minimum Gasteiger partial charge on any atom is -0.376 e. The van der Waals surface area contributed by atoms with E-state index in [1.165, 1.54) is 13.0 Å². The smallest absolute Gasteiger partial charge is 0.376 e. The zero-order valence-electron chi connectivity index (χ0n) is 15.3. The van der Waals surface area contributed by atoms with Crippen LogP contribution >= 0.6 is 11.6 Å². The van der Waals surface area contributed by atoms with Crippen LogP contribution in [-0.4, -0.2) is 31.1 Å². The fraction of sp³-hybridized carbons (Fsp3) is 0.263. The minimum atomic E-state index is -4.58. The molecule has 5 nitrogen and oxygen atoms in total. The number of hydrogen-bond donors (Lipinski definition) is 3. The highest BCUT2D eigenvalue weighted by Gasteiger charge is 2.28. The van der Waals surface area contributed by atoms with Gasteiger partial charge in [0.2, 0.25) is 5.91 Å². The standard InChI is InChI=1S/C19H18ClF4N3O2/c1-11-15(21)6-13(18(29)27-10-19(22,23)24)7-16(11)25-9-17(28)26-8-12-2-4-14(20)5-3-12/h2-7,25H,8-10H2,1H3,(H,26,28)(H,27,29). The number of benzene rings is 2. The Bertz CT molecular complexity index is 886. The van der Waals surface area contributed by atoms with Crippen molar-refractivity contribution >= 4 is 29.1 Å². The molecule has 2 amide bonds. The van der Waals surface area contributed by atoms with Crippen molar-refractivity contribution in [2.75, 3.05) is 18.4 Å². The molecule has 0 saturated carbocycles. The molecule has 0 aliphatic carbocycles. The number of amides is 2. The van der Waals surface area contributed by atoms with Gasteiger partial charge in [0, 0.05) is 28.4 Å². The molecule has 0 saturated heterocycles. The molecule has 0 bridgehead atoms. The van der Waals surface area contributed by atoms with Gasteiger partial charge in [-0.25, -0.2) is 4.39 Å². The summed E-state index contributed by atoms with van der Waals surface area (Å²) in [5.74, 6) is -2.25. The van der Waals surface area contributed by atoms with Crippen LogP contribution in [0.2, 0.25) is 5.02 Å². The fourth-order valence-corrected chi connectivity index (χ4v) is 2.44. The van der Waals surface area contributed by atoms with Crippen LogP contribution in [-0.2, 0) is 11.3 Å². The molecule has 0 heterocycles. The first kappa shape index (κ1) is 22.5. The van der Waals surface area contributed by atoms with Crippen molar-refractivity contribution in [1.82, 2.24) is 10.6 Å². The maximum absolute atomic E-state index is 14.0. The molecule has 0 fully saturated rings. The Kier molecular flexibility index (Phi) is 7.44. The zero-order chi connectivity index (χ0) is 21.6. The summed E-state index contributed by atoms with van der Waals surface area (Å²) in [6, 6.07) is 8.89. The normalized spacial score (nSPS) is 11.1. The first-order valence-corrected chi connectivity index (χ1v) is 8.83. The van der Waals surface area contributed by atoms with Gasteiger partial charge in [0.25, 0.3) is 5.91 Å². The number of hydrogen-bond acceptors (Lipinski definition) is 3. The average molecular weight is 432 g/mol. The summed E-state index contributed by atoms with van der Waals surface area (Å²) in [5, 5.41) is 7.59. The van der Waals surface area contributed by atoms with Gasteiger partial charge in [-0.2, -0.15) is 13.2 Å². The van der Waals surface area contributed by atoms with E-state index in [0.29, 0.717) is 5.02 Å². The lowest BCUT2D eigenvalue weighted by Gasteiger charge is -2.13. The molecule has 0 aliphatic heterocycles. The van der Waals surface area contributed by atoms with Crippen LogP contribution in [0.1, 0.15) is 21.5 Å². The van der Waals surface area contributed by atoms with Gasteiger partial charge < -0.3 is 16.0 Å². The van der Waals surface area contributed by atoms with E-state index in [-0.39, 0.29) is 29.9 Å². The zero-order valence-corrected chi connectivity index (χ0v) is 16.0. The molecular formula is C19H18ClF4N3O2. The number of rotatable bonds is 7. The Morgan fingerprint density at radius 2 is 1.72 bits per heavy atom. The summed E-state index contributed by atoms with van der Waals surface area (Å²) < 4.78 is 50.7. The third kappa shape index (κ3) is 7.26. The molecule has 0 atom stereocenters. The van der Waals surface area contributed by atoms with Crippen LogP contribution in [0.3, 0.4) is 0 Å². The van der Waals surface area contributed by atoms with Crippen LogP contribution in [0.15, 0.2) is 36.4 Å². The first-order valence-electron chi connectivity index (χ1n) is 8.45. The Balaban J connectivity index is 1.96. The quantitative estimate of drug-likeness (QED) is 0.584. The second-order valence-electron chi connectivity index (χ2n) is 6.19. The van der Waals surface area contributed by atoms with Gasteiger partial charge in [-0.15, -0.1) is 0 Å². The topological polar surface area (TPSA) is 70.2 Å². The summed E-state index contributed by atoms with van der Waals surface area (Å²) in [7, 11) is 0. The largest absolute Gasteiger partial charge is 0.405 e. The number of nitrogens with one attached hydrogen (secondary N) is 3. The molecule has 156 valence electrons. The molecule has 2 aromatic rings. The lowest BCUT2D eigenvalue weighted by atomic mass is 10.1. The number of halogens is 5. The van der Waals surface area contributed by atoms with E-state index in [0.717, 1.165) is 11.6 Å². The molecule has 29 heavy (non-hydrogen) atoms. The van der Waals surface area contributed by atoms with Gasteiger partial charge >= 0.3 is 6.18 Å². The van der Waals surface area contributed by atoms with Gasteiger partial charge in [0.1, 0.15) is 12.4 Å². The van der Waals surface area contributed by atoms with Crippen LogP contribution in [0.25, 0.3) is 0 Å². The molecule has 0 aromatic heterocycles. The van der Waals surface area contributed by atoms with Crippen molar-refractivity contribution in [2.45, 2.75) is 19.6 Å². The van der Waals surface area contributed by atoms with Crippen molar-refractivity contribution in [2.24, 2.45) is 0 Å². The third-order valence-corrected chi connectivity index (χ3v) is 4.15. The molecule has 0 radical (unpaired) electrons. The molecule has 0 spiro atoms. The Morgan fingerprint density at radius 1 is 1.07 bits per heavy atom. The van der Waals surface area contributed by atoms with Gasteiger partial charge in [-0.1, -0.05) is 23.7 Å². The van der Waals surface area contributed by atoms with Crippen molar-refractivity contribution < 1.29 is 27.2 Å². The van der Waals surface area contributed by atoms with Crippen LogP contribution in [0.4, 0.5) is 23.2 Å². The van der Waals surface area contributed by atoms with Crippen molar-refractivity contribution in [3.05, 3.63) is 63.9 Å². The second-order valence-corrected chi connectivity index (χ2v) is 6.62. The summed E-state index contributed by atoms with van der Waals surface area (Å²) in [6.07, 6.45) is -4.58. The van der Waals surface area contributed by atoms with Crippen LogP contribution in [0, 0.1) is 12.7 Å². The van der Waals surface area contributed by atoms with Crippen molar-refractivity contribution in [1.29, 1.82) is 0 Å². The van der Waals surface area contributed by atoms with Crippen LogP contribution < -0.4 is 16.0 Å². The van der Waals surface area contributed by atoms with Gasteiger partial charge in [-0.3, -0.25) is 9.59 Å². The van der Waals surface area contributed by atoms with E-state index in [9.17, 15) is 27.2 Å². The van der Waals surface area contributed by atoms with E-state index in [1.54, 1.807) is 29.6 Å². The summed E-state index contributed by atoms with van der Waals surface area (Å²) in [6.45, 7) is -0.0791. The van der Waals surface area contributed by atoms with Gasteiger partial charge in [-0.05, 0) is 36.8 Å². The lowest BCUT2D eigenvalue weighted by Crippen LogP contribution is -2.34. The minimum absolute atomic E-state index is 0.128. The SMILES string of the molecule is Cc1c(F)cc(C(=O)NCC(F)(F)F)cc1NCC(=O)NCc1ccc(Cl)cc1. The molecule has 0 unspecified atom stereocenters. The second kappa shape index (κ2) is 9.60. The maximum atomic E-state index is 14.0. The monoisotopic (exact) mass is 431 g/mol. The fourth-order valence-electron chi connectivity index (χ4n) is 2.32. The molecule has 3 N–H and O–H groups in total. The van der Waals surface area contributed by atoms with Crippen LogP contribution in [0.5, 0.6) is 0 Å². The Labute approximate surface area is 169 Å². The predicted molar refractivity (Wildman–Crippen MR) is 101 cm³/mol. The number of alkyl halides is 3. The van der Waals surface area contributed by atoms with E-state index in [1.807, 2.05) is 0 Å². The highest BCUT2D eigenvalue weighted by molar-refractivity contribution is 6.30. The van der Waals surface area contributed by atoms with E-state index in [2.05, 4.69) is 10.6 Å². The molecule has 0 aliphatic rings. The highest BCUT2D eigenvalue weighted by Crippen LogP contribution is 2.21. The summed E-state index contributed by atoms with van der Waals surface area (Å²) >= 11 is 5.78. The Hall–Kier alpha value is -2.81. The Morgan fingerprint density at radius 3 is 2.34 bits per heavy atom. The number of carbonyl (C=O) groups excluding carboxylic acids is 2. The maximum Gasteiger partial charge on any atom is 0.405 e. The first-order chi connectivity index (χ1) is 13.5. The van der Waals surface area contributed by atoms with Crippen molar-refractivity contribution in [3.63, 3.8) is 0 Å². The lowest BCUT2D eigenvalue weighted by molar-refractivity contribution is -0.123.